The Morgan fingerprint density at radius 2 is 1.85 bits per heavy atom. The summed E-state index contributed by atoms with van der Waals surface area (Å²) in [6.07, 6.45) is 2.99. The van der Waals surface area contributed by atoms with Crippen molar-refractivity contribution < 1.29 is 23.8 Å². The van der Waals surface area contributed by atoms with Crippen molar-refractivity contribution in [1.82, 2.24) is 15.1 Å². The van der Waals surface area contributed by atoms with Gasteiger partial charge < -0.3 is 9.84 Å². The lowest BCUT2D eigenvalue weighted by atomic mass is 9.97. The summed E-state index contributed by atoms with van der Waals surface area (Å²) in [7, 11) is 0. The zero-order chi connectivity index (χ0) is 27.9. The first-order valence-corrected chi connectivity index (χ1v) is 14.2. The Morgan fingerprint density at radius 3 is 2.49 bits per heavy atom. The summed E-state index contributed by atoms with van der Waals surface area (Å²) in [4.78, 5) is 28.1. The number of rotatable bonds is 11. The maximum Gasteiger partial charge on any atom is 0.306 e. The van der Waals surface area contributed by atoms with Gasteiger partial charge in [-0.2, -0.15) is 0 Å². The van der Waals surface area contributed by atoms with Crippen molar-refractivity contribution in [1.29, 1.82) is 0 Å². The van der Waals surface area contributed by atoms with Crippen LogP contribution < -0.4 is 9.64 Å². The van der Waals surface area contributed by atoms with E-state index in [-0.39, 0.29) is 11.5 Å². The Kier molecular flexibility index (Phi) is 9.63. The van der Waals surface area contributed by atoms with E-state index in [1.54, 1.807) is 12.1 Å². The maximum absolute atomic E-state index is 14.4. The van der Waals surface area contributed by atoms with Gasteiger partial charge in [-0.05, 0) is 81.6 Å². The highest BCUT2D eigenvalue weighted by Gasteiger charge is 2.25. The Hall–Kier alpha value is -3.37. The molecule has 0 atom stereocenters. The van der Waals surface area contributed by atoms with Crippen LogP contribution in [0.3, 0.4) is 0 Å². The van der Waals surface area contributed by atoms with Crippen LogP contribution in [0, 0.1) is 25.6 Å². The SMILES string of the molecule is CCCCN(C(=O)c1ccccc1F)c1nnc(-c2cc(C)c(OCCN3CCC(C(=O)O)CC3)c(C)c2)s1. The van der Waals surface area contributed by atoms with Crippen LogP contribution in [0.1, 0.15) is 54.1 Å². The number of unbranched alkanes of at least 4 members (excludes halogenated alkanes) is 1. The molecule has 1 N–H and O–H groups in total. The average Bonchev–Trinajstić information content (AvgIpc) is 3.41. The van der Waals surface area contributed by atoms with Gasteiger partial charge in [0, 0.05) is 18.7 Å². The van der Waals surface area contributed by atoms with Gasteiger partial charge in [0.05, 0.1) is 11.5 Å². The van der Waals surface area contributed by atoms with Crippen molar-refractivity contribution in [3.8, 4) is 16.3 Å². The Bertz CT molecular complexity index is 1280. The molecule has 0 radical (unpaired) electrons. The number of hydrogen-bond acceptors (Lipinski definition) is 7. The molecule has 0 bridgehead atoms. The second kappa shape index (κ2) is 13.1. The van der Waals surface area contributed by atoms with Gasteiger partial charge in [0.25, 0.3) is 5.91 Å². The number of carboxylic acid groups (broad SMARTS) is 1. The highest BCUT2D eigenvalue weighted by atomic mass is 32.1. The van der Waals surface area contributed by atoms with Crippen molar-refractivity contribution in [3.63, 3.8) is 0 Å². The van der Waals surface area contributed by atoms with Gasteiger partial charge in [0.2, 0.25) is 5.13 Å². The molecular formula is C29H35FN4O4S. The number of carbonyl (C=O) groups is 2. The Morgan fingerprint density at radius 1 is 1.15 bits per heavy atom. The third-order valence-corrected chi connectivity index (χ3v) is 8.02. The van der Waals surface area contributed by atoms with Crippen LogP contribution in [0.2, 0.25) is 0 Å². The molecule has 2 heterocycles. The standard InChI is InChI=1S/C29H35FN4O4S/c1-4-5-12-34(27(35)23-8-6-7-9-24(23)30)29-32-31-26(39-29)22-17-19(2)25(20(3)18-22)38-16-15-33-13-10-21(11-14-33)28(36)37/h6-9,17-18,21H,4-5,10-16H2,1-3H3,(H,36,37). The summed E-state index contributed by atoms with van der Waals surface area (Å²) in [5.41, 5.74) is 2.84. The fourth-order valence-electron chi connectivity index (χ4n) is 4.80. The van der Waals surface area contributed by atoms with Crippen molar-refractivity contribution in [3.05, 3.63) is 58.9 Å². The number of aryl methyl sites for hydroxylation is 2. The molecule has 39 heavy (non-hydrogen) atoms. The van der Waals surface area contributed by atoms with Gasteiger partial charge in [-0.15, -0.1) is 10.2 Å². The first kappa shape index (κ1) is 28.6. The fourth-order valence-corrected chi connectivity index (χ4v) is 5.66. The summed E-state index contributed by atoms with van der Waals surface area (Å²) in [5, 5.41) is 18.9. The molecule has 0 spiro atoms. The number of hydrogen-bond donors (Lipinski definition) is 1. The van der Waals surface area contributed by atoms with Crippen LogP contribution in [-0.4, -0.2) is 64.9 Å². The van der Waals surface area contributed by atoms with E-state index in [0.29, 0.717) is 36.1 Å². The molecule has 0 saturated carbocycles. The number of aliphatic carboxylic acids is 1. The lowest BCUT2D eigenvalue weighted by molar-refractivity contribution is -0.143. The van der Waals surface area contributed by atoms with Gasteiger partial charge >= 0.3 is 5.97 Å². The number of benzene rings is 2. The number of carbonyl (C=O) groups excluding carboxylic acids is 1. The maximum atomic E-state index is 14.4. The van der Waals surface area contributed by atoms with Gasteiger partial charge in [-0.1, -0.05) is 36.8 Å². The third kappa shape index (κ3) is 6.99. The van der Waals surface area contributed by atoms with Crippen molar-refractivity contribution >= 4 is 28.3 Å². The van der Waals surface area contributed by atoms with E-state index in [9.17, 15) is 19.1 Å². The molecule has 2 aromatic carbocycles. The first-order valence-electron chi connectivity index (χ1n) is 13.4. The number of piperidine rings is 1. The number of ether oxygens (including phenoxy) is 1. The van der Waals surface area contributed by atoms with Gasteiger partial charge in [-0.25, -0.2) is 4.39 Å². The van der Waals surface area contributed by atoms with Crippen LogP contribution in [0.15, 0.2) is 36.4 Å². The number of likely N-dealkylation sites (tertiary alicyclic amines) is 1. The monoisotopic (exact) mass is 554 g/mol. The van der Waals surface area contributed by atoms with Gasteiger partial charge in [-0.3, -0.25) is 19.4 Å². The number of halogens is 1. The third-order valence-electron chi connectivity index (χ3n) is 7.03. The van der Waals surface area contributed by atoms with E-state index in [2.05, 4.69) is 15.1 Å². The molecule has 10 heteroatoms. The minimum Gasteiger partial charge on any atom is -0.492 e. The summed E-state index contributed by atoms with van der Waals surface area (Å²) in [6.45, 7) is 9.24. The van der Waals surface area contributed by atoms with Crippen molar-refractivity contribution in [2.24, 2.45) is 5.92 Å². The fraction of sp³-hybridized carbons (Fsp3) is 0.448. The summed E-state index contributed by atoms with van der Waals surface area (Å²) in [6, 6.07) is 9.99. The Labute approximate surface area is 232 Å². The van der Waals surface area contributed by atoms with Crippen LogP contribution in [0.4, 0.5) is 9.52 Å². The molecule has 1 amide bonds. The van der Waals surface area contributed by atoms with Crippen LogP contribution in [0.5, 0.6) is 5.75 Å². The minimum atomic E-state index is -0.704. The lowest BCUT2D eigenvalue weighted by Crippen LogP contribution is -2.38. The van der Waals surface area contributed by atoms with E-state index in [4.69, 9.17) is 4.74 Å². The minimum absolute atomic E-state index is 0.0183. The number of carboxylic acids is 1. The van der Waals surface area contributed by atoms with Crippen molar-refractivity contribution in [2.45, 2.75) is 46.5 Å². The van der Waals surface area contributed by atoms with E-state index >= 15 is 0 Å². The molecule has 208 valence electrons. The quantitative estimate of drug-likeness (QED) is 0.330. The van der Waals surface area contributed by atoms with Crippen molar-refractivity contribution in [2.75, 3.05) is 37.7 Å². The molecule has 0 aliphatic carbocycles. The molecule has 8 nitrogen and oxygen atoms in total. The van der Waals surface area contributed by atoms with Gasteiger partial charge in [0.1, 0.15) is 23.2 Å². The predicted octanol–water partition coefficient (Wildman–Crippen LogP) is 5.58. The first-order chi connectivity index (χ1) is 18.8. The molecule has 1 aromatic heterocycles. The molecule has 3 aromatic rings. The molecular weight excluding hydrogens is 519 g/mol. The topological polar surface area (TPSA) is 95.9 Å². The Balaban J connectivity index is 1.44. The summed E-state index contributed by atoms with van der Waals surface area (Å²) < 4.78 is 20.5. The zero-order valence-corrected chi connectivity index (χ0v) is 23.5. The van der Waals surface area contributed by atoms with E-state index < -0.39 is 17.7 Å². The number of aromatic nitrogens is 2. The van der Waals surface area contributed by atoms with Crippen LogP contribution in [0.25, 0.3) is 10.6 Å². The molecule has 1 aliphatic rings. The van der Waals surface area contributed by atoms with E-state index in [0.717, 1.165) is 54.9 Å². The molecule has 1 saturated heterocycles. The molecule has 1 aliphatic heterocycles. The van der Waals surface area contributed by atoms with E-state index in [1.165, 1.54) is 28.4 Å². The second-order valence-electron chi connectivity index (χ2n) is 9.92. The lowest BCUT2D eigenvalue weighted by Gasteiger charge is -2.30. The number of nitrogens with zero attached hydrogens (tertiary/aromatic N) is 4. The number of anilines is 1. The molecule has 0 unspecified atom stereocenters. The van der Waals surface area contributed by atoms with Gasteiger partial charge in [0.15, 0.2) is 0 Å². The normalized spacial score (nSPS) is 14.4. The highest BCUT2D eigenvalue weighted by molar-refractivity contribution is 7.18. The van der Waals surface area contributed by atoms with Crippen LogP contribution >= 0.6 is 11.3 Å². The largest absolute Gasteiger partial charge is 0.492 e. The highest BCUT2D eigenvalue weighted by Crippen LogP contribution is 2.34. The van der Waals surface area contributed by atoms with Crippen LogP contribution in [-0.2, 0) is 4.79 Å². The average molecular weight is 555 g/mol. The number of amides is 1. The summed E-state index contributed by atoms with van der Waals surface area (Å²) in [5.74, 6) is -1.10. The molecule has 1 fully saturated rings. The smallest absolute Gasteiger partial charge is 0.306 e. The second-order valence-corrected chi connectivity index (χ2v) is 10.9. The predicted molar refractivity (Wildman–Crippen MR) is 150 cm³/mol. The molecule has 4 rings (SSSR count). The van der Waals surface area contributed by atoms with E-state index in [1.807, 2.05) is 32.9 Å². The summed E-state index contributed by atoms with van der Waals surface area (Å²) >= 11 is 1.31. The zero-order valence-electron chi connectivity index (χ0n) is 22.7.